The molecule has 28 heavy (non-hydrogen) atoms. The third-order valence-corrected chi connectivity index (χ3v) is 5.42. The van der Waals surface area contributed by atoms with Gasteiger partial charge >= 0.3 is 6.09 Å². The summed E-state index contributed by atoms with van der Waals surface area (Å²) in [6, 6.07) is 13.1. The minimum Gasteiger partial charge on any atom is -0.453 e. The van der Waals surface area contributed by atoms with Crippen molar-refractivity contribution in [3.63, 3.8) is 0 Å². The van der Waals surface area contributed by atoms with Crippen LogP contribution in [0.3, 0.4) is 0 Å². The van der Waals surface area contributed by atoms with Crippen LogP contribution < -0.4 is 10.6 Å². The van der Waals surface area contributed by atoms with Crippen LogP contribution in [0.1, 0.15) is 19.4 Å². The number of hydrogen-bond acceptors (Lipinski definition) is 5. The molecule has 0 bridgehead atoms. The molecule has 3 rings (SSSR count). The van der Waals surface area contributed by atoms with Crippen LogP contribution in [-0.4, -0.2) is 30.1 Å². The third kappa shape index (κ3) is 4.48. The minimum absolute atomic E-state index is 0.0791. The number of thiazole rings is 1. The molecular weight excluding hydrogens is 374 g/mol. The number of aryl methyl sites for hydroxylation is 1. The number of anilines is 1. The summed E-state index contributed by atoms with van der Waals surface area (Å²) in [7, 11) is 1.27. The van der Waals surface area contributed by atoms with Gasteiger partial charge in [0.2, 0.25) is 5.91 Å². The zero-order valence-electron chi connectivity index (χ0n) is 16.3. The first kappa shape index (κ1) is 19.8. The summed E-state index contributed by atoms with van der Waals surface area (Å²) in [5, 5.41) is 6.34. The van der Waals surface area contributed by atoms with E-state index >= 15 is 0 Å². The Morgan fingerprint density at radius 2 is 1.82 bits per heavy atom. The van der Waals surface area contributed by atoms with E-state index in [1.54, 1.807) is 11.3 Å². The summed E-state index contributed by atoms with van der Waals surface area (Å²) in [4.78, 5) is 28.7. The highest BCUT2D eigenvalue weighted by atomic mass is 32.1. The van der Waals surface area contributed by atoms with Crippen LogP contribution >= 0.6 is 11.3 Å². The van der Waals surface area contributed by atoms with Crippen LogP contribution in [0.25, 0.3) is 20.8 Å². The fourth-order valence-electron chi connectivity index (χ4n) is 2.79. The van der Waals surface area contributed by atoms with Gasteiger partial charge in [0, 0.05) is 11.3 Å². The second-order valence-corrected chi connectivity index (χ2v) is 7.95. The molecule has 7 heteroatoms. The number of alkyl carbamates (subject to hydrolysis) is 1. The minimum atomic E-state index is -0.681. The molecule has 2 aromatic carbocycles. The van der Waals surface area contributed by atoms with E-state index in [1.807, 2.05) is 44.2 Å². The number of carbonyl (C=O) groups excluding carboxylic acids is 2. The molecule has 1 unspecified atom stereocenters. The van der Waals surface area contributed by atoms with Gasteiger partial charge < -0.3 is 15.4 Å². The Morgan fingerprint density at radius 1 is 1.11 bits per heavy atom. The molecule has 2 N–H and O–H groups in total. The number of aromatic nitrogens is 1. The maximum atomic E-state index is 12.5. The molecule has 1 heterocycles. The van der Waals surface area contributed by atoms with Gasteiger partial charge in [0.15, 0.2) is 0 Å². The van der Waals surface area contributed by atoms with Gasteiger partial charge in [-0.1, -0.05) is 19.9 Å². The zero-order valence-corrected chi connectivity index (χ0v) is 17.1. The number of ether oxygens (including phenoxy) is 1. The van der Waals surface area contributed by atoms with Crippen LogP contribution in [0.4, 0.5) is 10.5 Å². The van der Waals surface area contributed by atoms with Crippen molar-refractivity contribution in [2.45, 2.75) is 26.8 Å². The summed E-state index contributed by atoms with van der Waals surface area (Å²) in [6.45, 7) is 5.78. The first-order chi connectivity index (χ1) is 13.4. The summed E-state index contributed by atoms with van der Waals surface area (Å²) >= 11 is 1.64. The van der Waals surface area contributed by atoms with Crippen LogP contribution in [0.15, 0.2) is 42.5 Å². The number of nitrogens with zero attached hydrogens (tertiary/aromatic N) is 1. The predicted molar refractivity (Wildman–Crippen MR) is 113 cm³/mol. The van der Waals surface area contributed by atoms with Crippen molar-refractivity contribution >= 4 is 39.2 Å². The third-order valence-electron chi connectivity index (χ3n) is 4.35. The summed E-state index contributed by atoms with van der Waals surface area (Å²) in [6.07, 6.45) is -0.629. The quantitative estimate of drug-likeness (QED) is 0.660. The summed E-state index contributed by atoms with van der Waals surface area (Å²) < 4.78 is 5.75. The van der Waals surface area contributed by atoms with Gasteiger partial charge in [-0.3, -0.25) is 4.79 Å². The number of fused-ring (bicyclic) bond motifs is 1. The van der Waals surface area contributed by atoms with Crippen molar-refractivity contribution in [2.75, 3.05) is 12.4 Å². The van der Waals surface area contributed by atoms with Crippen LogP contribution in [0, 0.1) is 12.8 Å². The maximum absolute atomic E-state index is 12.5. The highest BCUT2D eigenvalue weighted by molar-refractivity contribution is 7.21. The predicted octanol–water partition coefficient (Wildman–Crippen LogP) is 4.59. The number of nitrogens with one attached hydrogen (secondary N) is 2. The lowest BCUT2D eigenvalue weighted by Gasteiger charge is -2.21. The van der Waals surface area contributed by atoms with Crippen molar-refractivity contribution in [3.05, 3.63) is 48.0 Å². The van der Waals surface area contributed by atoms with E-state index in [1.165, 1.54) is 12.7 Å². The number of methoxy groups -OCH3 is 1. The smallest absolute Gasteiger partial charge is 0.407 e. The fraction of sp³-hybridized carbons (Fsp3) is 0.286. The Balaban J connectivity index is 1.74. The molecule has 1 aromatic heterocycles. The van der Waals surface area contributed by atoms with Gasteiger partial charge in [-0.25, -0.2) is 9.78 Å². The van der Waals surface area contributed by atoms with Crippen LogP contribution in [-0.2, 0) is 9.53 Å². The van der Waals surface area contributed by atoms with Crippen molar-refractivity contribution in [1.82, 2.24) is 10.3 Å². The Bertz CT molecular complexity index is 996. The fourth-order valence-corrected chi connectivity index (χ4v) is 3.86. The molecule has 0 radical (unpaired) electrons. The normalized spacial score (nSPS) is 12.0. The largest absolute Gasteiger partial charge is 0.453 e. The number of amides is 2. The molecular formula is C21H23N3O3S. The number of benzene rings is 2. The molecule has 6 nitrogen and oxygen atoms in total. The van der Waals surface area contributed by atoms with Gasteiger partial charge in [0.25, 0.3) is 0 Å². The lowest BCUT2D eigenvalue weighted by Crippen LogP contribution is -2.47. The lowest BCUT2D eigenvalue weighted by atomic mass is 10.0. The second-order valence-electron chi connectivity index (χ2n) is 6.91. The van der Waals surface area contributed by atoms with Gasteiger partial charge in [-0.2, -0.15) is 0 Å². The van der Waals surface area contributed by atoms with E-state index in [9.17, 15) is 9.59 Å². The molecule has 0 saturated carbocycles. The highest BCUT2D eigenvalue weighted by Gasteiger charge is 2.24. The zero-order chi connectivity index (χ0) is 20.3. The Labute approximate surface area is 167 Å². The second kappa shape index (κ2) is 8.39. The van der Waals surface area contributed by atoms with E-state index in [0.29, 0.717) is 5.69 Å². The van der Waals surface area contributed by atoms with Crippen molar-refractivity contribution in [2.24, 2.45) is 5.92 Å². The maximum Gasteiger partial charge on any atom is 0.407 e. The Morgan fingerprint density at radius 3 is 2.46 bits per heavy atom. The van der Waals surface area contributed by atoms with Crippen LogP contribution in [0.2, 0.25) is 0 Å². The summed E-state index contributed by atoms with van der Waals surface area (Å²) in [5.74, 6) is -0.367. The molecule has 2 amide bonds. The number of carbonyl (C=O) groups is 2. The monoisotopic (exact) mass is 397 g/mol. The molecule has 3 aromatic rings. The highest BCUT2D eigenvalue weighted by Crippen LogP contribution is 2.31. The SMILES string of the molecule is COC(=O)NC(C(=O)Nc1ccc(-c2nc3ccc(C)cc3s2)cc1)C(C)C. The standard InChI is InChI=1S/C21H23N3O3S/c1-12(2)18(24-21(26)27-4)19(25)22-15-8-6-14(7-9-15)20-23-16-10-5-13(3)11-17(16)28-20/h5-12,18H,1-4H3,(H,22,25)(H,24,26). The van der Waals surface area contributed by atoms with Gasteiger partial charge in [0.1, 0.15) is 11.0 Å². The molecule has 0 aliphatic carbocycles. The molecule has 0 saturated heterocycles. The van der Waals surface area contributed by atoms with Gasteiger partial charge in [0.05, 0.1) is 17.3 Å². The molecule has 0 aliphatic rings. The van der Waals surface area contributed by atoms with Gasteiger partial charge in [-0.15, -0.1) is 11.3 Å². The van der Waals surface area contributed by atoms with Gasteiger partial charge in [-0.05, 0) is 54.8 Å². The van der Waals surface area contributed by atoms with Crippen LogP contribution in [0.5, 0.6) is 0 Å². The summed E-state index contributed by atoms with van der Waals surface area (Å²) in [5.41, 5.74) is 3.84. The Hall–Kier alpha value is -2.93. The van der Waals surface area contributed by atoms with Crippen molar-refractivity contribution in [1.29, 1.82) is 0 Å². The van der Waals surface area contributed by atoms with E-state index in [-0.39, 0.29) is 11.8 Å². The van der Waals surface area contributed by atoms with E-state index in [0.717, 1.165) is 20.8 Å². The lowest BCUT2D eigenvalue weighted by molar-refractivity contribution is -0.119. The molecule has 1 atom stereocenters. The van der Waals surface area contributed by atoms with E-state index in [2.05, 4.69) is 39.4 Å². The number of rotatable bonds is 5. The molecule has 0 fully saturated rings. The van der Waals surface area contributed by atoms with Crippen molar-refractivity contribution in [3.8, 4) is 10.6 Å². The first-order valence-corrected chi connectivity index (χ1v) is 9.82. The number of hydrogen-bond donors (Lipinski definition) is 2. The first-order valence-electron chi connectivity index (χ1n) is 9.00. The van der Waals surface area contributed by atoms with E-state index < -0.39 is 12.1 Å². The van der Waals surface area contributed by atoms with Crippen molar-refractivity contribution < 1.29 is 14.3 Å². The van der Waals surface area contributed by atoms with E-state index in [4.69, 9.17) is 0 Å². The molecule has 0 spiro atoms. The average molecular weight is 398 g/mol. The topological polar surface area (TPSA) is 80.3 Å². The molecule has 146 valence electrons. The molecule has 0 aliphatic heterocycles. The average Bonchev–Trinajstić information content (AvgIpc) is 3.09. The Kier molecular flexibility index (Phi) is 5.94.